The van der Waals surface area contributed by atoms with E-state index in [4.69, 9.17) is 4.74 Å². The lowest BCUT2D eigenvalue weighted by atomic mass is 9.76. The minimum Gasteiger partial charge on any atom is -0.511 e. The SMILES string of the molecule is CC(=NCCCC(NC(=O)OC(C)(C)C)C(=O)O)C1=C(O)CC(C)(C)CC1=O. The van der Waals surface area contributed by atoms with Gasteiger partial charge in [-0.3, -0.25) is 9.79 Å². The number of aliphatic hydroxyl groups excluding tert-OH is 1. The van der Waals surface area contributed by atoms with Gasteiger partial charge in [0.2, 0.25) is 0 Å². The van der Waals surface area contributed by atoms with Crippen LogP contribution in [0.4, 0.5) is 4.79 Å². The van der Waals surface area contributed by atoms with Crippen LogP contribution in [0.15, 0.2) is 16.3 Å². The molecule has 158 valence electrons. The van der Waals surface area contributed by atoms with Gasteiger partial charge in [0.15, 0.2) is 5.78 Å². The van der Waals surface area contributed by atoms with Gasteiger partial charge in [0, 0.05) is 25.1 Å². The number of allylic oxidation sites excluding steroid dienone is 2. The second kappa shape index (κ2) is 9.21. The third-order valence-corrected chi connectivity index (χ3v) is 4.20. The number of ketones is 1. The van der Waals surface area contributed by atoms with E-state index in [2.05, 4.69) is 10.3 Å². The molecule has 1 unspecified atom stereocenters. The van der Waals surface area contributed by atoms with Crippen LogP contribution in [0.2, 0.25) is 0 Å². The van der Waals surface area contributed by atoms with E-state index in [1.807, 2.05) is 13.8 Å². The first kappa shape index (κ1) is 23.7. The van der Waals surface area contributed by atoms with E-state index >= 15 is 0 Å². The number of carboxylic acids is 1. The topological polar surface area (TPSA) is 125 Å². The first-order valence-electron chi connectivity index (χ1n) is 9.41. The number of hydrogen-bond donors (Lipinski definition) is 3. The minimum absolute atomic E-state index is 0.0532. The third-order valence-electron chi connectivity index (χ3n) is 4.20. The van der Waals surface area contributed by atoms with Gasteiger partial charge in [-0.25, -0.2) is 9.59 Å². The van der Waals surface area contributed by atoms with E-state index in [0.29, 0.717) is 25.0 Å². The number of alkyl carbamates (subject to hydrolysis) is 1. The van der Waals surface area contributed by atoms with E-state index in [9.17, 15) is 24.6 Å². The number of hydrogen-bond acceptors (Lipinski definition) is 6. The van der Waals surface area contributed by atoms with Gasteiger partial charge in [-0.1, -0.05) is 13.8 Å². The van der Waals surface area contributed by atoms with Crippen LogP contribution in [-0.4, -0.2) is 52.0 Å². The molecule has 1 aliphatic rings. The summed E-state index contributed by atoms with van der Waals surface area (Å²) in [6.45, 7) is 10.9. The quantitative estimate of drug-likeness (QED) is 0.447. The summed E-state index contributed by atoms with van der Waals surface area (Å²) in [4.78, 5) is 39.7. The summed E-state index contributed by atoms with van der Waals surface area (Å²) in [6, 6.07) is -1.09. The number of aliphatic imine (C=N–C) groups is 1. The maximum Gasteiger partial charge on any atom is 0.408 e. The van der Waals surface area contributed by atoms with Crippen molar-refractivity contribution in [3.63, 3.8) is 0 Å². The number of carbonyl (C=O) groups excluding carboxylic acids is 2. The van der Waals surface area contributed by atoms with E-state index in [1.54, 1.807) is 27.7 Å². The smallest absolute Gasteiger partial charge is 0.408 e. The molecule has 0 saturated heterocycles. The molecule has 0 fully saturated rings. The maximum absolute atomic E-state index is 12.3. The number of amides is 1. The molecule has 8 heteroatoms. The molecule has 28 heavy (non-hydrogen) atoms. The lowest BCUT2D eigenvalue weighted by molar-refractivity contribution is -0.139. The average Bonchev–Trinajstić information content (AvgIpc) is 2.45. The van der Waals surface area contributed by atoms with E-state index in [-0.39, 0.29) is 35.5 Å². The maximum atomic E-state index is 12.3. The van der Waals surface area contributed by atoms with Crippen LogP contribution in [0, 0.1) is 5.41 Å². The summed E-state index contributed by atoms with van der Waals surface area (Å²) >= 11 is 0. The Balaban J connectivity index is 2.64. The average molecular weight is 396 g/mol. The number of aliphatic hydroxyl groups is 1. The predicted octanol–water partition coefficient (Wildman–Crippen LogP) is 3.41. The van der Waals surface area contributed by atoms with Crippen LogP contribution in [0.25, 0.3) is 0 Å². The van der Waals surface area contributed by atoms with Gasteiger partial charge in [0.05, 0.1) is 5.57 Å². The molecule has 3 N–H and O–H groups in total. The Morgan fingerprint density at radius 2 is 1.89 bits per heavy atom. The molecule has 0 aliphatic heterocycles. The summed E-state index contributed by atoms with van der Waals surface area (Å²) in [6.07, 6.45) is 0.530. The molecule has 0 radical (unpaired) electrons. The van der Waals surface area contributed by atoms with Gasteiger partial charge in [-0.05, 0) is 46.0 Å². The molecular weight excluding hydrogens is 364 g/mol. The van der Waals surface area contributed by atoms with Crippen molar-refractivity contribution >= 4 is 23.6 Å². The second-order valence-electron chi connectivity index (χ2n) is 8.91. The lowest BCUT2D eigenvalue weighted by Crippen LogP contribution is -2.43. The van der Waals surface area contributed by atoms with Gasteiger partial charge < -0.3 is 20.3 Å². The number of carboxylic acid groups (broad SMARTS) is 1. The van der Waals surface area contributed by atoms with Crippen molar-refractivity contribution in [2.45, 2.75) is 78.9 Å². The highest BCUT2D eigenvalue weighted by molar-refractivity contribution is 6.22. The largest absolute Gasteiger partial charge is 0.511 e. The zero-order chi connectivity index (χ0) is 21.7. The fraction of sp³-hybridized carbons (Fsp3) is 0.700. The molecule has 8 nitrogen and oxygen atoms in total. The van der Waals surface area contributed by atoms with E-state index in [1.165, 1.54) is 0 Å². The molecule has 0 spiro atoms. The van der Waals surface area contributed by atoms with Gasteiger partial charge in [0.25, 0.3) is 0 Å². The number of rotatable bonds is 7. The fourth-order valence-corrected chi connectivity index (χ4v) is 3.03. The molecule has 1 rings (SSSR count). The van der Waals surface area contributed by atoms with Crippen molar-refractivity contribution in [1.82, 2.24) is 5.32 Å². The van der Waals surface area contributed by atoms with Crippen LogP contribution in [-0.2, 0) is 14.3 Å². The van der Waals surface area contributed by atoms with Crippen LogP contribution < -0.4 is 5.32 Å². The minimum atomic E-state index is -1.16. The third kappa shape index (κ3) is 7.70. The normalized spacial score (nSPS) is 18.6. The summed E-state index contributed by atoms with van der Waals surface area (Å²) in [7, 11) is 0. The molecule has 0 bridgehead atoms. The van der Waals surface area contributed by atoms with Gasteiger partial charge in [-0.15, -0.1) is 0 Å². The monoisotopic (exact) mass is 396 g/mol. The molecular formula is C20H32N2O6. The molecule has 0 heterocycles. The Labute approximate surface area is 166 Å². The van der Waals surface area contributed by atoms with Gasteiger partial charge in [0.1, 0.15) is 17.4 Å². The fourth-order valence-electron chi connectivity index (χ4n) is 3.03. The van der Waals surface area contributed by atoms with E-state index in [0.717, 1.165) is 0 Å². The van der Waals surface area contributed by atoms with Crippen LogP contribution in [0.1, 0.15) is 67.2 Å². The Morgan fingerprint density at radius 1 is 1.29 bits per heavy atom. The summed E-state index contributed by atoms with van der Waals surface area (Å²) in [5, 5.41) is 21.8. The predicted molar refractivity (Wildman–Crippen MR) is 106 cm³/mol. The Hall–Kier alpha value is -2.38. The highest BCUT2D eigenvalue weighted by Crippen LogP contribution is 2.36. The Morgan fingerprint density at radius 3 is 2.39 bits per heavy atom. The first-order valence-corrected chi connectivity index (χ1v) is 9.41. The number of nitrogens with one attached hydrogen (secondary N) is 1. The zero-order valence-electron chi connectivity index (χ0n) is 17.6. The van der Waals surface area contributed by atoms with Gasteiger partial charge in [-0.2, -0.15) is 0 Å². The van der Waals surface area contributed by atoms with Crippen molar-refractivity contribution < 1.29 is 29.3 Å². The van der Waals surface area contributed by atoms with Crippen molar-refractivity contribution in [1.29, 1.82) is 0 Å². The molecule has 0 aromatic carbocycles. The number of ether oxygens (including phenoxy) is 1. The number of aliphatic carboxylic acids is 1. The van der Waals surface area contributed by atoms with Crippen LogP contribution in [0.5, 0.6) is 0 Å². The van der Waals surface area contributed by atoms with Gasteiger partial charge >= 0.3 is 12.1 Å². The summed E-state index contributed by atoms with van der Waals surface area (Å²) in [5.41, 5.74) is -0.274. The Bertz CT molecular complexity index is 685. The highest BCUT2D eigenvalue weighted by atomic mass is 16.6. The number of carbonyl (C=O) groups is 3. The standard InChI is InChI=1S/C20H32N2O6/c1-12(16-14(23)10-20(5,6)11-15(16)24)21-9-7-8-13(17(25)26)22-18(27)28-19(2,3)4/h13,23H,7-11H2,1-6H3,(H,22,27)(H,25,26). The number of nitrogens with zero attached hydrogens (tertiary/aromatic N) is 1. The summed E-state index contributed by atoms with van der Waals surface area (Å²) in [5.74, 6) is -1.24. The molecule has 1 atom stereocenters. The van der Waals surface area contributed by atoms with Crippen molar-refractivity contribution in [2.75, 3.05) is 6.54 Å². The molecule has 1 aliphatic carbocycles. The highest BCUT2D eigenvalue weighted by Gasteiger charge is 2.34. The lowest BCUT2D eigenvalue weighted by Gasteiger charge is -2.29. The first-order chi connectivity index (χ1) is 12.7. The van der Waals surface area contributed by atoms with Crippen LogP contribution >= 0.6 is 0 Å². The molecule has 0 saturated carbocycles. The molecule has 1 amide bonds. The van der Waals surface area contributed by atoms with Crippen molar-refractivity contribution in [3.05, 3.63) is 11.3 Å². The summed E-state index contributed by atoms with van der Waals surface area (Å²) < 4.78 is 5.07. The van der Waals surface area contributed by atoms with Crippen molar-refractivity contribution in [3.8, 4) is 0 Å². The van der Waals surface area contributed by atoms with Crippen molar-refractivity contribution in [2.24, 2.45) is 10.4 Å². The Kier molecular flexibility index (Phi) is 7.78. The molecule has 0 aromatic rings. The molecule has 0 aromatic heterocycles. The number of Topliss-reactive ketones (excluding diaryl/α,β-unsaturated/α-hetero) is 1. The van der Waals surface area contributed by atoms with E-state index < -0.39 is 23.7 Å². The zero-order valence-corrected chi connectivity index (χ0v) is 17.6. The van der Waals surface area contributed by atoms with Crippen LogP contribution in [0.3, 0.4) is 0 Å². The second-order valence-corrected chi connectivity index (χ2v) is 8.91.